The van der Waals surface area contributed by atoms with Gasteiger partial charge in [0.05, 0.1) is 12.1 Å². The summed E-state index contributed by atoms with van der Waals surface area (Å²) in [5.41, 5.74) is 0. The van der Waals surface area contributed by atoms with E-state index in [9.17, 15) is 0 Å². The van der Waals surface area contributed by atoms with Gasteiger partial charge in [-0.25, -0.2) is 9.98 Å². The molecule has 1 saturated carbocycles. The minimum absolute atomic E-state index is 0.326. The van der Waals surface area contributed by atoms with Crippen molar-refractivity contribution in [3.63, 3.8) is 0 Å². The van der Waals surface area contributed by atoms with Crippen LogP contribution in [0.2, 0.25) is 0 Å². The molecule has 0 aromatic carbocycles. The van der Waals surface area contributed by atoms with Gasteiger partial charge < -0.3 is 9.47 Å². The lowest BCUT2D eigenvalue weighted by molar-refractivity contribution is 0.228. The predicted octanol–water partition coefficient (Wildman–Crippen LogP) is 3.70. The Balaban J connectivity index is 1.75. The fraction of sp³-hybridized carbons (Fsp3) is 0.889. The molecule has 0 unspecified atom stereocenters. The molecule has 1 fully saturated rings. The standard InChI is InChI=1S/C18H30N2O2/c1-11(2)15-9-21-17(19-15)13-7-5-6-8-14(13)18-20-16(10-22-18)12(3)4/h11-16H,5-10H2,1-4H3/t13-,14+,15-,16-/m1/s1. The molecule has 0 amide bonds. The van der Waals surface area contributed by atoms with Gasteiger partial charge in [0.1, 0.15) is 13.2 Å². The van der Waals surface area contributed by atoms with Crippen LogP contribution in [-0.4, -0.2) is 37.1 Å². The van der Waals surface area contributed by atoms with Crippen molar-refractivity contribution < 1.29 is 9.47 Å². The third-order valence-corrected chi connectivity index (χ3v) is 5.33. The van der Waals surface area contributed by atoms with E-state index in [4.69, 9.17) is 19.5 Å². The maximum Gasteiger partial charge on any atom is 0.187 e. The summed E-state index contributed by atoms with van der Waals surface area (Å²) in [6.45, 7) is 10.4. The van der Waals surface area contributed by atoms with Crippen LogP contribution in [0.1, 0.15) is 53.4 Å². The molecule has 22 heavy (non-hydrogen) atoms. The van der Waals surface area contributed by atoms with Gasteiger partial charge in [-0.05, 0) is 24.7 Å². The Hall–Kier alpha value is -1.06. The van der Waals surface area contributed by atoms with Crippen molar-refractivity contribution in [2.75, 3.05) is 13.2 Å². The Morgan fingerprint density at radius 1 is 0.773 bits per heavy atom. The van der Waals surface area contributed by atoms with Crippen LogP contribution in [0.5, 0.6) is 0 Å². The Morgan fingerprint density at radius 2 is 1.18 bits per heavy atom. The molecule has 0 N–H and O–H groups in total. The van der Waals surface area contributed by atoms with E-state index in [0.29, 0.717) is 35.8 Å². The van der Waals surface area contributed by atoms with Gasteiger partial charge in [-0.3, -0.25) is 0 Å². The van der Waals surface area contributed by atoms with Gasteiger partial charge in [-0.1, -0.05) is 40.5 Å². The average Bonchev–Trinajstić information content (AvgIpc) is 3.17. The van der Waals surface area contributed by atoms with Gasteiger partial charge in [-0.15, -0.1) is 0 Å². The molecule has 0 aromatic heterocycles. The molecule has 3 aliphatic rings. The first-order valence-corrected chi connectivity index (χ1v) is 8.97. The number of nitrogens with zero attached hydrogens (tertiary/aromatic N) is 2. The average molecular weight is 306 g/mol. The highest BCUT2D eigenvalue weighted by Crippen LogP contribution is 2.36. The molecule has 0 aromatic rings. The van der Waals surface area contributed by atoms with Crippen molar-refractivity contribution in [2.24, 2.45) is 33.7 Å². The fourth-order valence-electron chi connectivity index (χ4n) is 3.63. The number of rotatable bonds is 4. The second kappa shape index (κ2) is 6.59. The van der Waals surface area contributed by atoms with Crippen molar-refractivity contribution in [2.45, 2.75) is 65.5 Å². The smallest absolute Gasteiger partial charge is 0.187 e. The minimum Gasteiger partial charge on any atom is -0.478 e. The first kappa shape index (κ1) is 15.8. The summed E-state index contributed by atoms with van der Waals surface area (Å²) in [6, 6.07) is 0.653. The monoisotopic (exact) mass is 306 g/mol. The maximum absolute atomic E-state index is 5.97. The summed E-state index contributed by atoms with van der Waals surface area (Å²) >= 11 is 0. The molecule has 0 spiro atoms. The highest BCUT2D eigenvalue weighted by Gasteiger charge is 2.40. The molecule has 124 valence electrons. The van der Waals surface area contributed by atoms with E-state index < -0.39 is 0 Å². The van der Waals surface area contributed by atoms with Crippen molar-refractivity contribution in [3.05, 3.63) is 0 Å². The van der Waals surface area contributed by atoms with Crippen LogP contribution < -0.4 is 0 Å². The largest absolute Gasteiger partial charge is 0.478 e. The SMILES string of the molecule is CC(C)[C@H]1COC([C@H]2CCCC[C@H]2C2=N[C@@H](C(C)C)CO2)=N1. The number of ether oxygens (including phenoxy) is 2. The molecule has 4 atom stereocenters. The third kappa shape index (κ3) is 3.16. The van der Waals surface area contributed by atoms with Crippen LogP contribution >= 0.6 is 0 Å². The highest BCUT2D eigenvalue weighted by atomic mass is 16.5. The number of aliphatic imine (C=N–C) groups is 2. The molecule has 4 heteroatoms. The zero-order valence-electron chi connectivity index (χ0n) is 14.4. The molecule has 4 nitrogen and oxygen atoms in total. The summed E-state index contributed by atoms with van der Waals surface area (Å²) in [5.74, 6) is 3.80. The second-order valence-corrected chi connectivity index (χ2v) is 7.68. The Morgan fingerprint density at radius 3 is 1.50 bits per heavy atom. The van der Waals surface area contributed by atoms with Crippen LogP contribution in [0.15, 0.2) is 9.98 Å². The normalized spacial score (nSPS) is 35.4. The zero-order valence-corrected chi connectivity index (χ0v) is 14.4. The van der Waals surface area contributed by atoms with E-state index in [1.54, 1.807) is 0 Å². The van der Waals surface area contributed by atoms with Crippen LogP contribution in [0.3, 0.4) is 0 Å². The zero-order chi connectivity index (χ0) is 15.7. The topological polar surface area (TPSA) is 43.2 Å². The number of hydrogen-bond donors (Lipinski definition) is 0. The molecule has 0 bridgehead atoms. The molecular weight excluding hydrogens is 276 g/mol. The van der Waals surface area contributed by atoms with Crippen LogP contribution in [-0.2, 0) is 9.47 Å². The molecule has 2 heterocycles. The summed E-state index contributed by atoms with van der Waals surface area (Å²) in [5, 5.41) is 0. The summed E-state index contributed by atoms with van der Waals surface area (Å²) < 4.78 is 11.9. The quantitative estimate of drug-likeness (QED) is 0.795. The third-order valence-electron chi connectivity index (χ3n) is 5.33. The first-order chi connectivity index (χ1) is 10.6. The highest BCUT2D eigenvalue weighted by molar-refractivity contribution is 5.89. The molecule has 0 radical (unpaired) electrons. The summed E-state index contributed by atoms with van der Waals surface area (Å²) in [4.78, 5) is 9.74. The van der Waals surface area contributed by atoms with Gasteiger partial charge in [0.15, 0.2) is 11.8 Å². The van der Waals surface area contributed by atoms with E-state index >= 15 is 0 Å². The van der Waals surface area contributed by atoms with E-state index in [1.807, 2.05) is 0 Å². The van der Waals surface area contributed by atoms with E-state index in [1.165, 1.54) is 12.8 Å². The van der Waals surface area contributed by atoms with Crippen molar-refractivity contribution in [1.82, 2.24) is 0 Å². The van der Waals surface area contributed by atoms with E-state index in [-0.39, 0.29) is 0 Å². The molecule has 3 rings (SSSR count). The van der Waals surface area contributed by atoms with E-state index in [2.05, 4.69) is 27.7 Å². The Bertz CT molecular complexity index is 414. The summed E-state index contributed by atoms with van der Waals surface area (Å²) in [7, 11) is 0. The van der Waals surface area contributed by atoms with Crippen molar-refractivity contribution in [1.29, 1.82) is 0 Å². The van der Waals surface area contributed by atoms with Crippen LogP contribution in [0.25, 0.3) is 0 Å². The van der Waals surface area contributed by atoms with Gasteiger partial charge in [0.25, 0.3) is 0 Å². The Labute approximate surface area is 134 Å². The summed E-state index contributed by atoms with van der Waals surface area (Å²) in [6.07, 6.45) is 4.83. The first-order valence-electron chi connectivity index (χ1n) is 8.97. The number of hydrogen-bond acceptors (Lipinski definition) is 4. The van der Waals surface area contributed by atoms with E-state index in [0.717, 1.165) is 37.9 Å². The lowest BCUT2D eigenvalue weighted by Gasteiger charge is -2.30. The minimum atomic E-state index is 0.326. The molecule has 0 saturated heterocycles. The maximum atomic E-state index is 5.97. The van der Waals surface area contributed by atoms with Crippen molar-refractivity contribution >= 4 is 11.8 Å². The van der Waals surface area contributed by atoms with Crippen LogP contribution in [0, 0.1) is 23.7 Å². The molecule has 1 aliphatic carbocycles. The predicted molar refractivity (Wildman–Crippen MR) is 89.5 cm³/mol. The second-order valence-electron chi connectivity index (χ2n) is 7.68. The van der Waals surface area contributed by atoms with Gasteiger partial charge >= 0.3 is 0 Å². The molecule has 2 aliphatic heterocycles. The molecular formula is C18H30N2O2. The fourth-order valence-corrected chi connectivity index (χ4v) is 3.63. The lowest BCUT2D eigenvalue weighted by Crippen LogP contribution is -2.33. The van der Waals surface area contributed by atoms with Crippen LogP contribution in [0.4, 0.5) is 0 Å². The van der Waals surface area contributed by atoms with Gasteiger partial charge in [0.2, 0.25) is 0 Å². The van der Waals surface area contributed by atoms with Crippen molar-refractivity contribution in [3.8, 4) is 0 Å². The van der Waals surface area contributed by atoms with Gasteiger partial charge in [-0.2, -0.15) is 0 Å². The van der Waals surface area contributed by atoms with Gasteiger partial charge in [0, 0.05) is 11.8 Å². The Kier molecular flexibility index (Phi) is 4.74. The lowest BCUT2D eigenvalue weighted by atomic mass is 9.78.